The maximum Gasteiger partial charge on any atom is 0.216 e. The molecule has 1 aromatic heterocycles. The minimum atomic E-state index is -0.0620. The van der Waals surface area contributed by atoms with E-state index < -0.39 is 0 Å². The van der Waals surface area contributed by atoms with Crippen LogP contribution in [0.5, 0.6) is 0 Å². The van der Waals surface area contributed by atoms with Crippen molar-refractivity contribution in [2.45, 2.75) is 13.3 Å². The second-order valence-electron chi connectivity index (χ2n) is 3.01. The van der Waals surface area contributed by atoms with Crippen LogP contribution in [-0.2, 0) is 4.79 Å². The number of aromatic nitrogens is 1. The van der Waals surface area contributed by atoms with Crippen LogP contribution in [-0.4, -0.2) is 17.4 Å². The first-order valence-corrected chi connectivity index (χ1v) is 5.40. The number of halogens is 2. The normalized spacial score (nSPS) is 9.19. The van der Waals surface area contributed by atoms with E-state index in [9.17, 15) is 4.79 Å². The molecule has 5 heteroatoms. The van der Waals surface area contributed by atoms with Gasteiger partial charge in [-0.3, -0.25) is 4.79 Å². The van der Waals surface area contributed by atoms with E-state index in [2.05, 4.69) is 22.1 Å². The highest BCUT2D eigenvalue weighted by Crippen LogP contribution is 2.15. The van der Waals surface area contributed by atoms with Gasteiger partial charge >= 0.3 is 0 Å². The van der Waals surface area contributed by atoms with Gasteiger partial charge in [0.25, 0.3) is 0 Å². The van der Waals surface area contributed by atoms with E-state index in [1.807, 2.05) is 0 Å². The first-order valence-electron chi connectivity index (χ1n) is 4.65. The Morgan fingerprint density at radius 3 is 2.88 bits per heavy atom. The minimum Gasteiger partial charge on any atom is -0.355 e. The molecule has 0 saturated carbocycles. The van der Waals surface area contributed by atoms with E-state index in [1.165, 1.54) is 6.92 Å². The fourth-order valence-corrected chi connectivity index (χ4v) is 1.36. The lowest BCUT2D eigenvalue weighted by atomic mass is 10.3. The maximum absolute atomic E-state index is 10.6. The molecule has 1 aromatic rings. The summed E-state index contributed by atoms with van der Waals surface area (Å²) in [7, 11) is 0. The molecule has 1 heterocycles. The zero-order valence-electron chi connectivity index (χ0n) is 8.68. The summed E-state index contributed by atoms with van der Waals surface area (Å²) in [4.78, 5) is 14.4. The molecule has 0 aliphatic carbocycles. The van der Waals surface area contributed by atoms with Gasteiger partial charge in [0.2, 0.25) is 5.91 Å². The van der Waals surface area contributed by atoms with Crippen molar-refractivity contribution in [2.75, 3.05) is 6.54 Å². The Hall–Kier alpha value is -1.24. The number of amides is 1. The molecule has 0 unspecified atom stereocenters. The Labute approximate surface area is 104 Å². The van der Waals surface area contributed by atoms with Crippen LogP contribution in [0, 0.1) is 11.8 Å². The van der Waals surface area contributed by atoms with Crippen LogP contribution in [0.25, 0.3) is 0 Å². The second-order valence-corrected chi connectivity index (χ2v) is 3.75. The molecule has 16 heavy (non-hydrogen) atoms. The smallest absolute Gasteiger partial charge is 0.216 e. The summed E-state index contributed by atoms with van der Waals surface area (Å²) in [6, 6.07) is 3.34. The summed E-state index contributed by atoms with van der Waals surface area (Å²) < 4.78 is 0. The third-order valence-corrected chi connectivity index (χ3v) is 2.16. The zero-order chi connectivity index (χ0) is 12.0. The van der Waals surface area contributed by atoms with Gasteiger partial charge in [0.05, 0.1) is 5.56 Å². The van der Waals surface area contributed by atoms with E-state index >= 15 is 0 Å². The Bertz CT molecular complexity index is 449. The first-order chi connectivity index (χ1) is 7.59. The highest BCUT2D eigenvalue weighted by Gasteiger charge is 1.98. The summed E-state index contributed by atoms with van der Waals surface area (Å²) >= 11 is 11.5. The minimum absolute atomic E-state index is 0.0620. The van der Waals surface area contributed by atoms with Gasteiger partial charge in [-0.2, -0.15) is 0 Å². The van der Waals surface area contributed by atoms with Crippen molar-refractivity contribution in [3.63, 3.8) is 0 Å². The summed E-state index contributed by atoms with van der Waals surface area (Å²) in [6.45, 7) is 1.99. The maximum atomic E-state index is 10.6. The SMILES string of the molecule is CC(=O)NCCC#Cc1ccc(Cl)nc1Cl. The van der Waals surface area contributed by atoms with E-state index in [-0.39, 0.29) is 5.91 Å². The molecule has 3 nitrogen and oxygen atoms in total. The Kier molecular flexibility index (Phi) is 5.10. The van der Waals surface area contributed by atoms with Crippen LogP contribution >= 0.6 is 23.2 Å². The number of carbonyl (C=O) groups is 1. The van der Waals surface area contributed by atoms with Crippen LogP contribution in [0.1, 0.15) is 18.9 Å². The largest absolute Gasteiger partial charge is 0.355 e. The molecule has 1 N–H and O–H groups in total. The monoisotopic (exact) mass is 256 g/mol. The summed E-state index contributed by atoms with van der Waals surface area (Å²) in [5.74, 6) is 5.68. The van der Waals surface area contributed by atoms with Crippen LogP contribution in [0.4, 0.5) is 0 Å². The molecular formula is C11H10Cl2N2O. The summed E-state index contributed by atoms with van der Waals surface area (Å²) in [5.41, 5.74) is 0.633. The number of nitrogens with one attached hydrogen (secondary N) is 1. The molecule has 0 fully saturated rings. The van der Waals surface area contributed by atoms with Gasteiger partial charge in [0, 0.05) is 19.9 Å². The quantitative estimate of drug-likeness (QED) is 0.501. The van der Waals surface area contributed by atoms with Gasteiger partial charge < -0.3 is 5.32 Å². The van der Waals surface area contributed by atoms with E-state index in [0.29, 0.717) is 28.8 Å². The Morgan fingerprint density at radius 2 is 2.25 bits per heavy atom. The van der Waals surface area contributed by atoms with Crippen molar-refractivity contribution in [1.82, 2.24) is 10.3 Å². The molecule has 0 saturated heterocycles. The Balaban J connectivity index is 2.53. The third kappa shape index (κ3) is 4.52. The predicted octanol–water partition coefficient (Wildman–Crippen LogP) is 2.27. The molecule has 0 atom stereocenters. The number of pyridine rings is 1. The van der Waals surface area contributed by atoms with Gasteiger partial charge in [-0.1, -0.05) is 35.0 Å². The van der Waals surface area contributed by atoms with Crippen LogP contribution in [0.2, 0.25) is 10.3 Å². The van der Waals surface area contributed by atoms with Crippen molar-refractivity contribution in [2.24, 2.45) is 0 Å². The van der Waals surface area contributed by atoms with E-state index in [0.717, 1.165) is 0 Å². The highest BCUT2D eigenvalue weighted by atomic mass is 35.5. The lowest BCUT2D eigenvalue weighted by molar-refractivity contribution is -0.118. The number of carbonyl (C=O) groups excluding carboxylic acids is 1. The average molecular weight is 257 g/mol. The standard InChI is InChI=1S/C11H10Cl2N2O/c1-8(16)14-7-3-2-4-9-5-6-10(12)15-11(9)13/h5-6H,3,7H2,1H3,(H,14,16). The molecule has 84 valence electrons. The average Bonchev–Trinajstić information content (AvgIpc) is 2.20. The molecule has 0 spiro atoms. The van der Waals surface area contributed by atoms with E-state index in [4.69, 9.17) is 23.2 Å². The molecule has 0 aliphatic heterocycles. The first kappa shape index (κ1) is 12.8. The summed E-state index contributed by atoms with van der Waals surface area (Å²) in [5, 5.41) is 3.28. The number of hydrogen-bond acceptors (Lipinski definition) is 2. The number of nitrogens with zero attached hydrogens (tertiary/aromatic N) is 1. The molecule has 1 amide bonds. The van der Waals surface area contributed by atoms with Crippen molar-refractivity contribution < 1.29 is 4.79 Å². The van der Waals surface area contributed by atoms with Gasteiger partial charge in [-0.15, -0.1) is 0 Å². The fraction of sp³-hybridized carbons (Fsp3) is 0.273. The number of rotatable bonds is 2. The van der Waals surface area contributed by atoms with E-state index in [1.54, 1.807) is 12.1 Å². The van der Waals surface area contributed by atoms with Crippen LogP contribution in [0.15, 0.2) is 12.1 Å². The molecule has 1 rings (SSSR count). The number of hydrogen-bond donors (Lipinski definition) is 1. The van der Waals surface area contributed by atoms with Gasteiger partial charge in [0.15, 0.2) is 0 Å². The molecule has 0 bridgehead atoms. The zero-order valence-corrected chi connectivity index (χ0v) is 10.2. The Morgan fingerprint density at radius 1 is 1.50 bits per heavy atom. The lowest BCUT2D eigenvalue weighted by Gasteiger charge is -1.96. The topological polar surface area (TPSA) is 42.0 Å². The van der Waals surface area contributed by atoms with Crippen LogP contribution in [0.3, 0.4) is 0 Å². The van der Waals surface area contributed by atoms with Crippen molar-refractivity contribution in [3.05, 3.63) is 28.0 Å². The van der Waals surface area contributed by atoms with Gasteiger partial charge in [-0.05, 0) is 12.1 Å². The fourth-order valence-electron chi connectivity index (χ4n) is 0.964. The lowest BCUT2D eigenvalue weighted by Crippen LogP contribution is -2.20. The van der Waals surface area contributed by atoms with Crippen LogP contribution < -0.4 is 5.32 Å². The van der Waals surface area contributed by atoms with Crippen molar-refractivity contribution in [1.29, 1.82) is 0 Å². The molecule has 0 radical (unpaired) electrons. The molecular weight excluding hydrogens is 247 g/mol. The highest BCUT2D eigenvalue weighted by molar-refractivity contribution is 6.33. The molecule has 0 aromatic carbocycles. The predicted molar refractivity (Wildman–Crippen MR) is 64.4 cm³/mol. The van der Waals surface area contributed by atoms with Gasteiger partial charge in [-0.25, -0.2) is 4.98 Å². The third-order valence-electron chi connectivity index (χ3n) is 1.66. The van der Waals surface area contributed by atoms with Crippen molar-refractivity contribution >= 4 is 29.1 Å². The molecule has 0 aliphatic rings. The summed E-state index contributed by atoms with van der Waals surface area (Å²) in [6.07, 6.45) is 0.568. The second kappa shape index (κ2) is 6.37. The van der Waals surface area contributed by atoms with Gasteiger partial charge in [0.1, 0.15) is 10.3 Å². The van der Waals surface area contributed by atoms with Crippen molar-refractivity contribution in [3.8, 4) is 11.8 Å².